The fourth-order valence-electron chi connectivity index (χ4n) is 3.99. The molecule has 0 aromatic carbocycles. The van der Waals surface area contributed by atoms with Gasteiger partial charge in [-0.3, -0.25) is 9.97 Å². The maximum absolute atomic E-state index is 5.77. The topological polar surface area (TPSA) is 59.1 Å². The molecule has 0 aliphatic carbocycles. The average molecular weight is 416 g/mol. The van der Waals surface area contributed by atoms with Crippen molar-refractivity contribution in [2.45, 2.75) is 25.2 Å². The number of hydrogen-bond donors (Lipinski definition) is 1. The molecule has 1 aliphatic heterocycles. The van der Waals surface area contributed by atoms with Gasteiger partial charge >= 0.3 is 0 Å². The molecule has 4 aromatic heterocycles. The summed E-state index contributed by atoms with van der Waals surface area (Å²) in [4.78, 5) is 11.0. The zero-order valence-electron chi connectivity index (χ0n) is 16.3. The predicted octanol–water partition coefficient (Wildman–Crippen LogP) is 4.09. The van der Waals surface area contributed by atoms with Crippen LogP contribution in [0.1, 0.15) is 34.8 Å². The Hall–Kier alpha value is -3.45. The highest BCUT2D eigenvalue weighted by Crippen LogP contribution is 2.39. The first-order chi connectivity index (χ1) is 14.8. The normalized spacial score (nSPS) is 18.5. The second kappa shape index (κ2) is 8.12. The van der Waals surface area contributed by atoms with E-state index in [9.17, 15) is 0 Å². The molecule has 30 heavy (non-hydrogen) atoms. The number of rotatable bonds is 6. The van der Waals surface area contributed by atoms with Crippen LogP contribution in [0.5, 0.6) is 0 Å². The monoisotopic (exact) mass is 415 g/mol. The zero-order chi connectivity index (χ0) is 20.3. The summed E-state index contributed by atoms with van der Waals surface area (Å²) in [7, 11) is 0. The van der Waals surface area contributed by atoms with E-state index < -0.39 is 0 Å². The van der Waals surface area contributed by atoms with Crippen molar-refractivity contribution in [3.63, 3.8) is 0 Å². The molecule has 2 atom stereocenters. The first kappa shape index (κ1) is 18.6. The molecular formula is C23H21N5OS. The van der Waals surface area contributed by atoms with Crippen LogP contribution in [-0.2, 0) is 13.1 Å². The van der Waals surface area contributed by atoms with Gasteiger partial charge in [-0.05, 0) is 66.3 Å². The number of pyridine rings is 2. The van der Waals surface area contributed by atoms with Crippen LogP contribution in [0, 0.1) is 0 Å². The molecule has 0 saturated carbocycles. The molecule has 0 spiro atoms. The number of nitrogens with zero attached hydrogens (tertiary/aromatic N) is 4. The molecule has 1 N–H and O–H groups in total. The summed E-state index contributed by atoms with van der Waals surface area (Å²) >= 11 is 5.77. The van der Waals surface area contributed by atoms with Gasteiger partial charge in [0.05, 0.1) is 30.6 Å². The summed E-state index contributed by atoms with van der Waals surface area (Å²) in [5.74, 6) is 0.913. The molecule has 1 aliphatic rings. The Kier molecular flexibility index (Phi) is 5.03. The van der Waals surface area contributed by atoms with Gasteiger partial charge in [-0.25, -0.2) is 0 Å². The van der Waals surface area contributed by atoms with E-state index in [1.165, 1.54) is 0 Å². The van der Waals surface area contributed by atoms with Crippen molar-refractivity contribution in [1.82, 2.24) is 24.8 Å². The van der Waals surface area contributed by atoms with E-state index in [-0.39, 0.29) is 12.1 Å². The fraction of sp³-hybridized carbons (Fsp3) is 0.174. The number of thiocarbonyl (C=S) groups is 1. The van der Waals surface area contributed by atoms with Crippen LogP contribution >= 0.6 is 12.2 Å². The molecule has 5 rings (SSSR count). The molecule has 0 amide bonds. The van der Waals surface area contributed by atoms with Gasteiger partial charge in [0.15, 0.2) is 5.11 Å². The minimum absolute atomic E-state index is 0.00877. The van der Waals surface area contributed by atoms with Crippen LogP contribution in [0.4, 0.5) is 0 Å². The van der Waals surface area contributed by atoms with Gasteiger partial charge in [-0.2, -0.15) is 0 Å². The van der Waals surface area contributed by atoms with Gasteiger partial charge in [0.2, 0.25) is 0 Å². The van der Waals surface area contributed by atoms with E-state index in [2.05, 4.69) is 43.1 Å². The third kappa shape index (κ3) is 3.59. The molecule has 4 aromatic rings. The lowest BCUT2D eigenvalue weighted by Gasteiger charge is -2.29. The summed E-state index contributed by atoms with van der Waals surface area (Å²) in [5.41, 5.74) is 3.28. The van der Waals surface area contributed by atoms with E-state index >= 15 is 0 Å². The molecule has 1 fully saturated rings. The van der Waals surface area contributed by atoms with E-state index in [0.717, 1.165) is 27.8 Å². The van der Waals surface area contributed by atoms with Crippen LogP contribution in [0.15, 0.2) is 90.1 Å². The average Bonchev–Trinajstić information content (AvgIpc) is 3.52. The highest BCUT2D eigenvalue weighted by atomic mass is 32.1. The minimum atomic E-state index is -0.0502. The van der Waals surface area contributed by atoms with Crippen molar-refractivity contribution in [3.05, 3.63) is 108 Å². The molecule has 1 saturated heterocycles. The summed E-state index contributed by atoms with van der Waals surface area (Å²) < 4.78 is 7.80. The van der Waals surface area contributed by atoms with Crippen LogP contribution in [0.25, 0.3) is 0 Å². The smallest absolute Gasteiger partial charge is 0.170 e. The van der Waals surface area contributed by atoms with Crippen molar-refractivity contribution in [3.8, 4) is 0 Å². The molecular weight excluding hydrogens is 394 g/mol. The second-order valence-electron chi connectivity index (χ2n) is 7.25. The molecule has 6 nitrogen and oxygen atoms in total. The third-order valence-corrected chi connectivity index (χ3v) is 5.73. The van der Waals surface area contributed by atoms with Crippen LogP contribution < -0.4 is 5.32 Å². The fourth-order valence-corrected chi connectivity index (χ4v) is 4.30. The van der Waals surface area contributed by atoms with Crippen molar-refractivity contribution < 1.29 is 4.42 Å². The van der Waals surface area contributed by atoms with E-state index in [0.29, 0.717) is 13.1 Å². The Balaban J connectivity index is 1.54. The van der Waals surface area contributed by atoms with Gasteiger partial charge in [0, 0.05) is 37.0 Å². The predicted molar refractivity (Wildman–Crippen MR) is 117 cm³/mol. The molecule has 5 heterocycles. The Morgan fingerprint density at radius 1 is 0.967 bits per heavy atom. The summed E-state index contributed by atoms with van der Waals surface area (Å²) in [6.07, 6.45) is 9.24. The lowest BCUT2D eigenvalue weighted by Crippen LogP contribution is -2.30. The SMILES string of the molecule is S=C1N[C@H](c2ccccn2)[C@H](c2cccn2Cc2ccco2)N1Cc1ccncc1. The standard InChI is InChI=1S/C23H21N5OS/c30-23-26-21(19-6-1-2-10-25-19)22(28(23)15-17-8-11-24-12-9-17)20-7-3-13-27(20)16-18-5-4-14-29-18/h1-14,21-22H,15-16H2,(H,26,30)/t21-,22+/m1/s1. The van der Waals surface area contributed by atoms with Gasteiger partial charge < -0.3 is 19.2 Å². The highest BCUT2D eigenvalue weighted by molar-refractivity contribution is 7.80. The quantitative estimate of drug-likeness (QED) is 0.479. The number of aromatic nitrogens is 3. The first-order valence-electron chi connectivity index (χ1n) is 9.84. The minimum Gasteiger partial charge on any atom is -0.467 e. The lowest BCUT2D eigenvalue weighted by atomic mass is 10.0. The maximum atomic E-state index is 5.77. The van der Waals surface area contributed by atoms with Gasteiger partial charge in [-0.1, -0.05) is 6.07 Å². The Morgan fingerprint density at radius 3 is 2.63 bits per heavy atom. The largest absolute Gasteiger partial charge is 0.467 e. The van der Waals surface area contributed by atoms with Crippen LogP contribution in [0.3, 0.4) is 0 Å². The van der Waals surface area contributed by atoms with Crippen molar-refractivity contribution in [2.24, 2.45) is 0 Å². The summed E-state index contributed by atoms with van der Waals surface area (Å²) in [6, 6.07) is 18.1. The number of furan rings is 1. The molecule has 0 radical (unpaired) electrons. The zero-order valence-corrected chi connectivity index (χ0v) is 17.1. The Labute approximate surface area is 180 Å². The van der Waals surface area contributed by atoms with Gasteiger partial charge in [-0.15, -0.1) is 0 Å². The van der Waals surface area contributed by atoms with Crippen molar-refractivity contribution in [2.75, 3.05) is 0 Å². The maximum Gasteiger partial charge on any atom is 0.170 e. The van der Waals surface area contributed by atoms with E-state index in [4.69, 9.17) is 16.6 Å². The van der Waals surface area contributed by atoms with Crippen LogP contribution in [0.2, 0.25) is 0 Å². The van der Waals surface area contributed by atoms with Crippen LogP contribution in [-0.4, -0.2) is 24.5 Å². The molecule has 0 unspecified atom stereocenters. The number of nitrogens with one attached hydrogen (secondary N) is 1. The third-order valence-electron chi connectivity index (χ3n) is 5.37. The Bertz CT molecular complexity index is 1110. The molecule has 7 heteroatoms. The summed E-state index contributed by atoms with van der Waals surface area (Å²) in [6.45, 7) is 1.35. The summed E-state index contributed by atoms with van der Waals surface area (Å²) in [5, 5.41) is 4.23. The van der Waals surface area contributed by atoms with E-state index in [1.807, 2.05) is 61.1 Å². The number of hydrogen-bond acceptors (Lipinski definition) is 4. The highest BCUT2D eigenvalue weighted by Gasteiger charge is 2.41. The second-order valence-corrected chi connectivity index (χ2v) is 7.64. The molecule has 150 valence electrons. The van der Waals surface area contributed by atoms with Crippen molar-refractivity contribution >= 4 is 17.3 Å². The van der Waals surface area contributed by atoms with Crippen molar-refractivity contribution in [1.29, 1.82) is 0 Å². The van der Waals surface area contributed by atoms with E-state index in [1.54, 1.807) is 6.26 Å². The first-order valence-corrected chi connectivity index (χ1v) is 10.2. The van der Waals surface area contributed by atoms with Gasteiger partial charge in [0.25, 0.3) is 0 Å². The lowest BCUT2D eigenvalue weighted by molar-refractivity contribution is 0.296. The molecule has 0 bridgehead atoms. The van der Waals surface area contributed by atoms with Gasteiger partial charge in [0.1, 0.15) is 5.76 Å². The Morgan fingerprint density at radius 2 is 1.87 bits per heavy atom.